The minimum atomic E-state index is -0.422. The zero-order chi connectivity index (χ0) is 16.0. The second kappa shape index (κ2) is 7.38. The Hall–Kier alpha value is -1.92. The van der Waals surface area contributed by atoms with E-state index >= 15 is 0 Å². The van der Waals surface area contributed by atoms with E-state index in [0.29, 0.717) is 0 Å². The Bertz CT molecular complexity index is 606. The van der Waals surface area contributed by atoms with Gasteiger partial charge in [-0.3, -0.25) is 4.79 Å². The number of morpholine rings is 1. The van der Waals surface area contributed by atoms with Crippen molar-refractivity contribution in [2.24, 2.45) is 0 Å². The van der Waals surface area contributed by atoms with Gasteiger partial charge in [0, 0.05) is 19.3 Å². The Labute approximate surface area is 130 Å². The normalized spacial score (nSPS) is 15.0. The fourth-order valence-electron chi connectivity index (χ4n) is 2.35. The third-order valence-corrected chi connectivity index (χ3v) is 3.64. The molecule has 0 bridgehead atoms. The van der Waals surface area contributed by atoms with E-state index in [-0.39, 0.29) is 0 Å². The van der Waals surface area contributed by atoms with Crippen LogP contribution < -0.4 is 10.6 Å². The highest BCUT2D eigenvalue weighted by molar-refractivity contribution is 5.52. The van der Waals surface area contributed by atoms with Gasteiger partial charge >= 0.3 is 0 Å². The van der Waals surface area contributed by atoms with Gasteiger partial charge in [-0.25, -0.2) is 4.98 Å². The van der Waals surface area contributed by atoms with Crippen LogP contribution in [0.25, 0.3) is 5.65 Å². The molecule has 0 aliphatic carbocycles. The van der Waals surface area contributed by atoms with Crippen LogP contribution in [0, 0.1) is 6.92 Å². The van der Waals surface area contributed by atoms with Gasteiger partial charge in [-0.15, -0.1) is 0 Å². The Morgan fingerprint density at radius 2 is 2.14 bits per heavy atom. The number of aromatic nitrogens is 2. The van der Waals surface area contributed by atoms with Crippen LogP contribution in [0.3, 0.4) is 0 Å². The third kappa shape index (κ3) is 3.84. The average molecular weight is 304 g/mol. The van der Waals surface area contributed by atoms with Crippen LogP contribution in [0.2, 0.25) is 0 Å². The molecule has 1 fully saturated rings. The Kier molecular flexibility index (Phi) is 5.51. The molecule has 6 nitrogen and oxygen atoms in total. The second-order valence-corrected chi connectivity index (χ2v) is 5.78. The van der Waals surface area contributed by atoms with Gasteiger partial charge in [0.15, 0.2) is 0 Å². The summed E-state index contributed by atoms with van der Waals surface area (Å²) in [5.41, 5.74) is 2.60. The van der Waals surface area contributed by atoms with Crippen molar-refractivity contribution < 1.29 is 9.53 Å². The van der Waals surface area contributed by atoms with Crippen LogP contribution >= 0.6 is 0 Å². The van der Waals surface area contributed by atoms with Gasteiger partial charge in [0.1, 0.15) is 5.65 Å². The highest BCUT2D eigenvalue weighted by atomic mass is 16.5. The van der Waals surface area contributed by atoms with Crippen LogP contribution in [-0.2, 0) is 15.1 Å². The summed E-state index contributed by atoms with van der Waals surface area (Å²) in [6.45, 7) is 9.76. The lowest BCUT2D eigenvalue weighted by molar-refractivity contribution is -0.111. The molecular weight excluding hydrogens is 280 g/mol. The van der Waals surface area contributed by atoms with Gasteiger partial charge in [-0.05, 0) is 32.4 Å². The van der Waals surface area contributed by atoms with Crippen molar-refractivity contribution in [1.82, 2.24) is 20.0 Å². The summed E-state index contributed by atoms with van der Waals surface area (Å²) < 4.78 is 7.01. The van der Waals surface area contributed by atoms with Gasteiger partial charge in [0.05, 0.1) is 30.6 Å². The number of pyridine rings is 1. The predicted octanol–water partition coefficient (Wildman–Crippen LogP) is 1.23. The first kappa shape index (κ1) is 16.5. The topological polar surface area (TPSA) is 67.7 Å². The summed E-state index contributed by atoms with van der Waals surface area (Å²) in [6.07, 6.45) is 4.48. The molecule has 2 aromatic heterocycles. The molecule has 1 aliphatic rings. The fraction of sp³-hybridized carbons (Fsp3) is 0.500. The number of carbonyl (C=O) groups is 1. The monoisotopic (exact) mass is 304 g/mol. The van der Waals surface area contributed by atoms with Crippen LogP contribution in [0.15, 0.2) is 24.5 Å². The summed E-state index contributed by atoms with van der Waals surface area (Å²) >= 11 is 0. The third-order valence-electron chi connectivity index (χ3n) is 3.64. The van der Waals surface area contributed by atoms with Crippen LogP contribution in [-0.4, -0.2) is 42.1 Å². The Morgan fingerprint density at radius 3 is 2.68 bits per heavy atom. The molecule has 0 atom stereocenters. The molecule has 0 spiro atoms. The molecular formula is C16H24N4O2. The molecule has 6 heteroatoms. The van der Waals surface area contributed by atoms with Crippen molar-refractivity contribution in [2.45, 2.75) is 26.3 Å². The van der Waals surface area contributed by atoms with E-state index in [0.717, 1.165) is 49.6 Å². The van der Waals surface area contributed by atoms with Gasteiger partial charge < -0.3 is 19.8 Å². The second-order valence-electron chi connectivity index (χ2n) is 5.78. The number of amides is 1. The van der Waals surface area contributed by atoms with Crippen molar-refractivity contribution in [2.75, 3.05) is 26.3 Å². The largest absolute Gasteiger partial charge is 0.379 e. The number of nitrogens with zero attached hydrogens (tertiary/aromatic N) is 2. The summed E-state index contributed by atoms with van der Waals surface area (Å²) in [5, 5.41) is 5.95. The van der Waals surface area contributed by atoms with E-state index in [1.54, 1.807) is 6.20 Å². The number of carbonyl (C=O) groups excluding carboxylic acids is 1. The van der Waals surface area contributed by atoms with Gasteiger partial charge in [-0.2, -0.15) is 0 Å². The van der Waals surface area contributed by atoms with E-state index < -0.39 is 5.54 Å². The summed E-state index contributed by atoms with van der Waals surface area (Å²) in [7, 11) is 0. The summed E-state index contributed by atoms with van der Waals surface area (Å²) in [5.74, 6) is 0. The number of aryl methyl sites for hydroxylation is 1. The minimum Gasteiger partial charge on any atom is -0.379 e. The molecule has 1 amide bonds. The molecule has 3 rings (SSSR count). The van der Waals surface area contributed by atoms with E-state index in [1.807, 2.05) is 43.5 Å². The zero-order valence-corrected chi connectivity index (χ0v) is 13.4. The number of rotatable bonds is 3. The molecule has 1 aliphatic heterocycles. The molecule has 3 heterocycles. The number of imidazole rings is 1. The van der Waals surface area contributed by atoms with Crippen LogP contribution in [0.4, 0.5) is 0 Å². The SMILES string of the molecule is C1COCCN1.Cc1cccn2c(C(C)(C)NC=O)cnc12. The minimum absolute atomic E-state index is 0.422. The fourth-order valence-corrected chi connectivity index (χ4v) is 2.35. The van der Waals surface area contributed by atoms with Gasteiger partial charge in [-0.1, -0.05) is 6.07 Å². The molecule has 0 aromatic carbocycles. The molecule has 120 valence electrons. The van der Waals surface area contributed by atoms with Gasteiger partial charge in [0.2, 0.25) is 6.41 Å². The molecule has 0 unspecified atom stereocenters. The Balaban J connectivity index is 0.000000246. The van der Waals surface area contributed by atoms with Crippen molar-refractivity contribution in [3.63, 3.8) is 0 Å². The molecule has 22 heavy (non-hydrogen) atoms. The smallest absolute Gasteiger partial charge is 0.207 e. The molecule has 0 saturated carbocycles. The van der Waals surface area contributed by atoms with Crippen molar-refractivity contribution in [1.29, 1.82) is 0 Å². The number of nitrogens with one attached hydrogen (secondary N) is 2. The Morgan fingerprint density at radius 1 is 1.41 bits per heavy atom. The van der Waals surface area contributed by atoms with E-state index in [4.69, 9.17) is 4.74 Å². The van der Waals surface area contributed by atoms with Crippen molar-refractivity contribution in [3.8, 4) is 0 Å². The van der Waals surface area contributed by atoms with E-state index in [9.17, 15) is 4.79 Å². The van der Waals surface area contributed by atoms with Crippen molar-refractivity contribution in [3.05, 3.63) is 35.8 Å². The van der Waals surface area contributed by atoms with Crippen LogP contribution in [0.1, 0.15) is 25.1 Å². The molecule has 1 saturated heterocycles. The maximum absolute atomic E-state index is 10.6. The summed E-state index contributed by atoms with van der Waals surface area (Å²) in [4.78, 5) is 15.0. The van der Waals surface area contributed by atoms with Crippen LogP contribution in [0.5, 0.6) is 0 Å². The average Bonchev–Trinajstić information content (AvgIpc) is 2.96. The molecule has 2 N–H and O–H groups in total. The number of hydrogen-bond donors (Lipinski definition) is 2. The van der Waals surface area contributed by atoms with Crippen molar-refractivity contribution >= 4 is 12.1 Å². The lowest BCUT2D eigenvalue weighted by Crippen LogP contribution is -2.36. The quantitative estimate of drug-likeness (QED) is 0.837. The first-order valence-corrected chi connectivity index (χ1v) is 7.49. The van der Waals surface area contributed by atoms with E-state index in [2.05, 4.69) is 15.6 Å². The highest BCUT2D eigenvalue weighted by Gasteiger charge is 2.23. The zero-order valence-electron chi connectivity index (χ0n) is 13.4. The number of hydrogen-bond acceptors (Lipinski definition) is 4. The molecule has 0 radical (unpaired) electrons. The maximum atomic E-state index is 10.6. The standard InChI is InChI=1S/C12H15N3O.C4H9NO/c1-9-5-4-6-15-10(7-13-11(9)15)12(2,3)14-8-16;1-3-6-4-2-5-1/h4-8H,1-3H3,(H,14,16);5H,1-4H2. The molecule has 2 aromatic rings. The van der Waals surface area contributed by atoms with Gasteiger partial charge in [0.25, 0.3) is 0 Å². The summed E-state index contributed by atoms with van der Waals surface area (Å²) in [6, 6.07) is 4.00. The first-order valence-electron chi connectivity index (χ1n) is 7.49. The predicted molar refractivity (Wildman–Crippen MR) is 85.8 cm³/mol. The lowest BCUT2D eigenvalue weighted by atomic mass is 10.0. The first-order chi connectivity index (χ1) is 10.6. The number of ether oxygens (including phenoxy) is 1. The highest BCUT2D eigenvalue weighted by Crippen LogP contribution is 2.21. The maximum Gasteiger partial charge on any atom is 0.207 e. The lowest BCUT2D eigenvalue weighted by Gasteiger charge is -2.23. The van der Waals surface area contributed by atoms with E-state index in [1.165, 1.54) is 0 Å². The number of fused-ring (bicyclic) bond motifs is 1.